The SMILES string of the molecule is CC(Oc1c(F)cccc1Cl)C(=O)O. The Morgan fingerprint density at radius 1 is 1.64 bits per heavy atom. The molecule has 0 heterocycles. The Morgan fingerprint density at radius 3 is 2.79 bits per heavy atom. The van der Waals surface area contributed by atoms with Crippen LogP contribution in [0.3, 0.4) is 0 Å². The number of para-hydroxylation sites is 1. The quantitative estimate of drug-likeness (QED) is 0.847. The van der Waals surface area contributed by atoms with Crippen molar-refractivity contribution in [2.45, 2.75) is 13.0 Å². The topological polar surface area (TPSA) is 46.5 Å². The second kappa shape index (κ2) is 4.28. The van der Waals surface area contributed by atoms with Crippen LogP contribution in [0.2, 0.25) is 5.02 Å². The first-order valence-corrected chi connectivity index (χ1v) is 4.23. The lowest BCUT2D eigenvalue weighted by Crippen LogP contribution is -2.23. The molecule has 0 aliphatic rings. The molecule has 0 aromatic heterocycles. The van der Waals surface area contributed by atoms with E-state index in [0.717, 1.165) is 6.07 Å². The predicted molar refractivity (Wildman–Crippen MR) is 49.1 cm³/mol. The van der Waals surface area contributed by atoms with Crippen LogP contribution in [-0.2, 0) is 4.79 Å². The molecule has 1 N–H and O–H groups in total. The average molecular weight is 219 g/mol. The van der Waals surface area contributed by atoms with Gasteiger partial charge in [0.15, 0.2) is 17.7 Å². The summed E-state index contributed by atoms with van der Waals surface area (Å²) in [4.78, 5) is 10.4. The number of hydrogen-bond donors (Lipinski definition) is 1. The molecular weight excluding hydrogens is 211 g/mol. The molecule has 1 unspecified atom stereocenters. The van der Waals surface area contributed by atoms with Crippen molar-refractivity contribution in [2.24, 2.45) is 0 Å². The summed E-state index contributed by atoms with van der Waals surface area (Å²) >= 11 is 5.62. The minimum atomic E-state index is -1.18. The highest BCUT2D eigenvalue weighted by molar-refractivity contribution is 6.32. The molecule has 0 saturated carbocycles. The van der Waals surface area contributed by atoms with E-state index in [0.29, 0.717) is 0 Å². The molecule has 0 radical (unpaired) electrons. The van der Waals surface area contributed by atoms with Crippen LogP contribution in [0.5, 0.6) is 5.75 Å². The van der Waals surface area contributed by atoms with Crippen molar-refractivity contribution in [3.8, 4) is 5.75 Å². The fourth-order valence-corrected chi connectivity index (χ4v) is 1.03. The molecule has 1 atom stereocenters. The van der Waals surface area contributed by atoms with E-state index in [2.05, 4.69) is 0 Å². The number of benzene rings is 1. The molecule has 5 heteroatoms. The van der Waals surface area contributed by atoms with Gasteiger partial charge in [-0.25, -0.2) is 9.18 Å². The zero-order valence-electron chi connectivity index (χ0n) is 7.33. The maximum atomic E-state index is 13.1. The van der Waals surface area contributed by atoms with Crippen molar-refractivity contribution >= 4 is 17.6 Å². The smallest absolute Gasteiger partial charge is 0.344 e. The Bertz CT molecular complexity index is 334. The number of carboxylic acids is 1. The van der Waals surface area contributed by atoms with Gasteiger partial charge in [-0.05, 0) is 19.1 Å². The molecule has 3 nitrogen and oxygen atoms in total. The molecule has 1 aromatic rings. The fourth-order valence-electron chi connectivity index (χ4n) is 0.822. The molecular formula is C9H8ClFO3. The lowest BCUT2D eigenvalue weighted by atomic mass is 10.3. The maximum Gasteiger partial charge on any atom is 0.344 e. The van der Waals surface area contributed by atoms with E-state index >= 15 is 0 Å². The zero-order chi connectivity index (χ0) is 10.7. The fraction of sp³-hybridized carbons (Fsp3) is 0.222. The Morgan fingerprint density at radius 2 is 2.29 bits per heavy atom. The summed E-state index contributed by atoms with van der Waals surface area (Å²) in [6, 6.07) is 3.99. The third kappa shape index (κ3) is 2.35. The molecule has 76 valence electrons. The van der Waals surface area contributed by atoms with E-state index in [4.69, 9.17) is 21.4 Å². The highest BCUT2D eigenvalue weighted by Crippen LogP contribution is 2.28. The Balaban J connectivity index is 2.91. The van der Waals surface area contributed by atoms with Crippen LogP contribution in [0, 0.1) is 5.82 Å². The summed E-state index contributed by atoms with van der Waals surface area (Å²) in [6.07, 6.45) is -1.13. The first-order valence-electron chi connectivity index (χ1n) is 3.86. The van der Waals surface area contributed by atoms with Crippen LogP contribution in [0.1, 0.15) is 6.92 Å². The van der Waals surface area contributed by atoms with Gasteiger partial charge >= 0.3 is 5.97 Å². The van der Waals surface area contributed by atoms with Gasteiger partial charge in [0.1, 0.15) is 0 Å². The first-order chi connectivity index (χ1) is 6.52. The van der Waals surface area contributed by atoms with Crippen LogP contribution in [0.25, 0.3) is 0 Å². The second-order valence-corrected chi connectivity index (χ2v) is 3.06. The minimum Gasteiger partial charge on any atom is -0.479 e. The van der Waals surface area contributed by atoms with E-state index in [9.17, 15) is 9.18 Å². The van der Waals surface area contributed by atoms with E-state index in [1.54, 1.807) is 0 Å². The van der Waals surface area contributed by atoms with Gasteiger partial charge < -0.3 is 9.84 Å². The molecule has 0 bridgehead atoms. The van der Waals surface area contributed by atoms with Crippen molar-refractivity contribution in [3.05, 3.63) is 29.0 Å². The number of rotatable bonds is 3. The summed E-state index contributed by atoms with van der Waals surface area (Å²) in [6.45, 7) is 1.30. The monoisotopic (exact) mass is 218 g/mol. The number of carboxylic acid groups (broad SMARTS) is 1. The lowest BCUT2D eigenvalue weighted by Gasteiger charge is -2.11. The van der Waals surface area contributed by atoms with Crippen molar-refractivity contribution in [3.63, 3.8) is 0 Å². The van der Waals surface area contributed by atoms with Crippen LogP contribution in [0.15, 0.2) is 18.2 Å². The highest BCUT2D eigenvalue weighted by Gasteiger charge is 2.16. The van der Waals surface area contributed by atoms with Gasteiger partial charge in [0.05, 0.1) is 5.02 Å². The van der Waals surface area contributed by atoms with Crippen LogP contribution in [0.4, 0.5) is 4.39 Å². The molecule has 0 aliphatic carbocycles. The molecule has 1 aromatic carbocycles. The third-order valence-corrected chi connectivity index (χ3v) is 1.86. The van der Waals surface area contributed by atoms with Crippen molar-refractivity contribution in [2.75, 3.05) is 0 Å². The normalized spacial score (nSPS) is 12.2. The van der Waals surface area contributed by atoms with Gasteiger partial charge in [-0.15, -0.1) is 0 Å². The average Bonchev–Trinajstić information content (AvgIpc) is 2.11. The van der Waals surface area contributed by atoms with E-state index in [1.165, 1.54) is 19.1 Å². The van der Waals surface area contributed by atoms with Gasteiger partial charge in [-0.3, -0.25) is 0 Å². The van der Waals surface area contributed by atoms with Crippen LogP contribution < -0.4 is 4.74 Å². The van der Waals surface area contributed by atoms with Crippen molar-refractivity contribution in [1.82, 2.24) is 0 Å². The molecule has 0 spiro atoms. The summed E-state index contributed by atoms with van der Waals surface area (Å²) < 4.78 is 17.9. The number of ether oxygens (including phenoxy) is 1. The van der Waals surface area contributed by atoms with Crippen LogP contribution >= 0.6 is 11.6 Å². The number of hydrogen-bond acceptors (Lipinski definition) is 2. The largest absolute Gasteiger partial charge is 0.479 e. The Hall–Kier alpha value is -1.29. The van der Waals surface area contributed by atoms with E-state index < -0.39 is 17.9 Å². The molecule has 0 amide bonds. The Labute approximate surface area is 85.1 Å². The summed E-state index contributed by atoms with van der Waals surface area (Å²) in [5, 5.41) is 8.59. The molecule has 1 rings (SSSR count). The predicted octanol–water partition coefficient (Wildman–Crippen LogP) is 2.33. The minimum absolute atomic E-state index is 0.0538. The molecule has 0 fully saturated rings. The number of aliphatic carboxylic acids is 1. The number of halogens is 2. The summed E-state index contributed by atoms with van der Waals surface area (Å²) in [5.74, 6) is -2.08. The van der Waals surface area contributed by atoms with Crippen molar-refractivity contribution in [1.29, 1.82) is 0 Å². The zero-order valence-corrected chi connectivity index (χ0v) is 8.08. The molecule has 0 saturated heterocycles. The summed E-state index contributed by atoms with van der Waals surface area (Å²) in [7, 11) is 0. The highest BCUT2D eigenvalue weighted by atomic mass is 35.5. The van der Waals surface area contributed by atoms with Gasteiger partial charge in [-0.2, -0.15) is 0 Å². The van der Waals surface area contributed by atoms with E-state index in [1.807, 2.05) is 0 Å². The molecule has 14 heavy (non-hydrogen) atoms. The standard InChI is InChI=1S/C9H8ClFO3/c1-5(9(12)13)14-8-6(10)3-2-4-7(8)11/h2-5H,1H3,(H,12,13). The first kappa shape index (κ1) is 10.8. The summed E-state index contributed by atoms with van der Waals surface area (Å²) in [5.41, 5.74) is 0. The Kier molecular flexibility index (Phi) is 3.30. The number of carbonyl (C=O) groups is 1. The second-order valence-electron chi connectivity index (χ2n) is 2.65. The van der Waals surface area contributed by atoms with Gasteiger partial charge in [0, 0.05) is 0 Å². The van der Waals surface area contributed by atoms with Gasteiger partial charge in [0.25, 0.3) is 0 Å². The van der Waals surface area contributed by atoms with Crippen LogP contribution in [-0.4, -0.2) is 17.2 Å². The van der Waals surface area contributed by atoms with Gasteiger partial charge in [-0.1, -0.05) is 17.7 Å². The van der Waals surface area contributed by atoms with E-state index in [-0.39, 0.29) is 10.8 Å². The molecule has 0 aliphatic heterocycles. The third-order valence-electron chi connectivity index (χ3n) is 1.56. The van der Waals surface area contributed by atoms with Gasteiger partial charge in [0.2, 0.25) is 0 Å². The maximum absolute atomic E-state index is 13.1. The van der Waals surface area contributed by atoms with Crippen molar-refractivity contribution < 1.29 is 19.0 Å². The lowest BCUT2D eigenvalue weighted by molar-refractivity contribution is -0.144.